The molecule has 0 aliphatic heterocycles. The molecule has 7 nitrogen and oxygen atoms in total. The zero-order valence-electron chi connectivity index (χ0n) is 17.6. The number of sulfone groups is 1. The number of hydrogen-bond acceptors (Lipinski definition) is 5. The smallest absolute Gasteiger partial charge is 0.269 e. The molecule has 2 aromatic carbocycles. The van der Waals surface area contributed by atoms with E-state index in [0.717, 1.165) is 28.3 Å². The highest BCUT2D eigenvalue weighted by Gasteiger charge is 2.29. The largest absolute Gasteiger partial charge is 0.497 e. The van der Waals surface area contributed by atoms with E-state index in [1.165, 1.54) is 22.8 Å². The lowest BCUT2D eigenvalue weighted by Gasteiger charge is -2.21. The summed E-state index contributed by atoms with van der Waals surface area (Å²) in [6.45, 7) is 0. The van der Waals surface area contributed by atoms with Gasteiger partial charge >= 0.3 is 0 Å². The van der Waals surface area contributed by atoms with Gasteiger partial charge in [0.05, 0.1) is 35.3 Å². The molecule has 0 amide bonds. The second-order valence-electron chi connectivity index (χ2n) is 7.68. The molecule has 2 heterocycles. The first-order valence-electron chi connectivity index (χ1n) is 10.2. The van der Waals surface area contributed by atoms with Crippen LogP contribution in [0.4, 0.5) is 0 Å². The summed E-state index contributed by atoms with van der Waals surface area (Å²) in [4.78, 5) is 13.1. The number of aryl methyl sites for hydroxylation is 1. The molecule has 4 aromatic rings. The van der Waals surface area contributed by atoms with Gasteiger partial charge in [0.1, 0.15) is 10.6 Å². The van der Waals surface area contributed by atoms with Crippen LogP contribution < -0.4 is 10.3 Å². The lowest BCUT2D eigenvalue weighted by atomic mass is 9.93. The Kier molecular flexibility index (Phi) is 4.74. The molecule has 0 saturated carbocycles. The molecule has 0 fully saturated rings. The first-order chi connectivity index (χ1) is 15.4. The van der Waals surface area contributed by atoms with Gasteiger partial charge in [-0.1, -0.05) is 18.2 Å². The lowest BCUT2D eigenvalue weighted by molar-refractivity contribution is 0.414. The third-order valence-electron chi connectivity index (χ3n) is 5.88. The highest BCUT2D eigenvalue weighted by atomic mass is 32.2. The van der Waals surface area contributed by atoms with Crippen molar-refractivity contribution in [2.24, 2.45) is 7.05 Å². The predicted molar refractivity (Wildman–Crippen MR) is 120 cm³/mol. The number of hydrogen-bond donors (Lipinski definition) is 0. The zero-order chi connectivity index (χ0) is 22.5. The number of pyridine rings is 1. The monoisotopic (exact) mass is 447 g/mol. The van der Waals surface area contributed by atoms with Crippen molar-refractivity contribution in [3.8, 4) is 22.7 Å². The number of ether oxygens (including phenoxy) is 1. The predicted octanol–water partition coefficient (Wildman–Crippen LogP) is 3.18. The van der Waals surface area contributed by atoms with Crippen LogP contribution in [0.2, 0.25) is 0 Å². The van der Waals surface area contributed by atoms with Gasteiger partial charge < -0.3 is 9.30 Å². The van der Waals surface area contributed by atoms with Crippen molar-refractivity contribution >= 4 is 9.84 Å². The number of fused-ring (bicyclic) bond motifs is 3. The molecule has 2 aromatic heterocycles. The van der Waals surface area contributed by atoms with Crippen molar-refractivity contribution in [3.63, 3.8) is 0 Å². The number of methoxy groups -OCH3 is 1. The fourth-order valence-electron chi connectivity index (χ4n) is 4.25. The van der Waals surface area contributed by atoms with Gasteiger partial charge in [-0.15, -0.1) is 0 Å². The molecule has 5 rings (SSSR count). The Morgan fingerprint density at radius 1 is 1.00 bits per heavy atom. The van der Waals surface area contributed by atoms with E-state index in [1.807, 2.05) is 28.9 Å². The van der Waals surface area contributed by atoms with Crippen LogP contribution in [-0.2, 0) is 29.7 Å². The summed E-state index contributed by atoms with van der Waals surface area (Å²) < 4.78 is 34.8. The summed E-state index contributed by atoms with van der Waals surface area (Å²) in [5.41, 5.74) is 3.70. The standard InChI is InChI=1S/C24H21N3O4S/c1-26-23-16(14-22(24(26)28)32(29,30)19-6-4-3-5-7-19)8-13-21-20(23)15-25-27(21)17-9-11-18(31-2)12-10-17/h3-7,9-12,14-15H,8,13H2,1-2H3. The van der Waals surface area contributed by atoms with Crippen LogP contribution >= 0.6 is 0 Å². The average Bonchev–Trinajstić information content (AvgIpc) is 3.25. The van der Waals surface area contributed by atoms with Crippen LogP contribution in [0.3, 0.4) is 0 Å². The van der Waals surface area contributed by atoms with E-state index in [-0.39, 0.29) is 9.79 Å². The number of rotatable bonds is 4. The van der Waals surface area contributed by atoms with Gasteiger partial charge in [0.15, 0.2) is 0 Å². The van der Waals surface area contributed by atoms with E-state index in [0.29, 0.717) is 18.5 Å². The molecule has 0 spiro atoms. The van der Waals surface area contributed by atoms with E-state index in [2.05, 4.69) is 5.10 Å². The fourth-order valence-corrected chi connectivity index (χ4v) is 5.68. The summed E-state index contributed by atoms with van der Waals surface area (Å²) >= 11 is 0. The molecular weight excluding hydrogens is 426 g/mol. The molecule has 0 N–H and O–H groups in total. The third kappa shape index (κ3) is 3.06. The maximum atomic E-state index is 13.2. The zero-order valence-corrected chi connectivity index (χ0v) is 18.5. The van der Waals surface area contributed by atoms with E-state index in [9.17, 15) is 13.2 Å². The summed E-state index contributed by atoms with van der Waals surface area (Å²) in [5.74, 6) is 0.759. The van der Waals surface area contributed by atoms with Crippen LogP contribution in [0.15, 0.2) is 81.4 Å². The van der Waals surface area contributed by atoms with E-state index in [1.54, 1.807) is 38.6 Å². The highest BCUT2D eigenvalue weighted by molar-refractivity contribution is 7.91. The molecule has 1 aliphatic carbocycles. The molecule has 0 unspecified atom stereocenters. The van der Waals surface area contributed by atoms with Crippen LogP contribution in [0.1, 0.15) is 11.3 Å². The topological polar surface area (TPSA) is 83.2 Å². The van der Waals surface area contributed by atoms with Crippen LogP contribution in [0.5, 0.6) is 5.75 Å². The number of aromatic nitrogens is 3. The van der Waals surface area contributed by atoms with Crippen LogP contribution in [-0.4, -0.2) is 29.9 Å². The fraction of sp³-hybridized carbons (Fsp3) is 0.167. The van der Waals surface area contributed by atoms with Crippen molar-refractivity contribution in [3.05, 3.63) is 88.5 Å². The lowest BCUT2D eigenvalue weighted by Crippen LogP contribution is -2.28. The first-order valence-corrected chi connectivity index (χ1v) is 11.6. The van der Waals surface area contributed by atoms with Gasteiger partial charge in [-0.2, -0.15) is 5.10 Å². The first kappa shape index (κ1) is 20.3. The maximum absolute atomic E-state index is 13.2. The summed E-state index contributed by atoms with van der Waals surface area (Å²) in [6.07, 6.45) is 3.02. The molecule has 0 radical (unpaired) electrons. The van der Waals surface area contributed by atoms with Crippen molar-refractivity contribution in [1.29, 1.82) is 0 Å². The molecule has 0 saturated heterocycles. The Bertz CT molecular complexity index is 1480. The average molecular weight is 448 g/mol. The van der Waals surface area contributed by atoms with Crippen molar-refractivity contribution in [2.45, 2.75) is 22.6 Å². The van der Waals surface area contributed by atoms with Crippen molar-refractivity contribution in [2.75, 3.05) is 7.11 Å². The normalized spacial score (nSPS) is 12.8. The molecule has 1 aliphatic rings. The molecular formula is C24H21N3O4S. The highest BCUT2D eigenvalue weighted by Crippen LogP contribution is 2.35. The van der Waals surface area contributed by atoms with Crippen LogP contribution in [0.25, 0.3) is 16.9 Å². The Balaban J connectivity index is 1.64. The van der Waals surface area contributed by atoms with Gasteiger partial charge in [-0.05, 0) is 60.9 Å². The number of nitrogens with zero attached hydrogens (tertiary/aromatic N) is 3. The molecule has 162 valence electrons. The van der Waals surface area contributed by atoms with Crippen LogP contribution in [0, 0.1) is 0 Å². The summed E-state index contributed by atoms with van der Waals surface area (Å²) in [6, 6.07) is 17.2. The number of benzene rings is 2. The Morgan fingerprint density at radius 2 is 1.72 bits per heavy atom. The quantitative estimate of drug-likeness (QED) is 0.480. The Labute approximate surface area is 185 Å². The van der Waals surface area contributed by atoms with Gasteiger partial charge in [0, 0.05) is 12.6 Å². The van der Waals surface area contributed by atoms with Gasteiger partial charge in [0.2, 0.25) is 9.84 Å². The maximum Gasteiger partial charge on any atom is 0.269 e. The van der Waals surface area contributed by atoms with E-state index in [4.69, 9.17) is 4.74 Å². The van der Waals surface area contributed by atoms with E-state index >= 15 is 0 Å². The summed E-state index contributed by atoms with van der Waals surface area (Å²) in [5, 5.41) is 4.55. The molecule has 32 heavy (non-hydrogen) atoms. The van der Waals surface area contributed by atoms with Gasteiger partial charge in [-0.3, -0.25) is 4.79 Å². The van der Waals surface area contributed by atoms with E-state index < -0.39 is 15.4 Å². The van der Waals surface area contributed by atoms with Gasteiger partial charge in [0.25, 0.3) is 5.56 Å². The van der Waals surface area contributed by atoms with Crippen molar-refractivity contribution in [1.82, 2.24) is 14.3 Å². The second kappa shape index (κ2) is 7.49. The Hall–Kier alpha value is -3.65. The van der Waals surface area contributed by atoms with Gasteiger partial charge in [-0.25, -0.2) is 13.1 Å². The SMILES string of the molecule is COc1ccc(-n2ncc3c2CCc2cc(S(=O)(=O)c4ccccc4)c(=O)n(C)c2-3)cc1. The molecule has 8 heteroatoms. The second-order valence-corrected chi connectivity index (χ2v) is 9.60. The minimum absolute atomic E-state index is 0.112. The summed E-state index contributed by atoms with van der Waals surface area (Å²) in [7, 11) is -0.678. The molecule has 0 atom stereocenters. The third-order valence-corrected chi connectivity index (χ3v) is 7.64. The minimum atomic E-state index is -3.91. The minimum Gasteiger partial charge on any atom is -0.497 e. The molecule has 0 bridgehead atoms. The van der Waals surface area contributed by atoms with Crippen molar-refractivity contribution < 1.29 is 13.2 Å². The Morgan fingerprint density at radius 3 is 2.41 bits per heavy atom.